The van der Waals surface area contributed by atoms with Gasteiger partial charge in [0.25, 0.3) is 0 Å². The van der Waals surface area contributed by atoms with E-state index in [1.54, 1.807) is 6.92 Å². The monoisotopic (exact) mass is 153 g/mol. The number of carbonyl (C=O) groups is 1. The number of nitriles is 1. The molecule has 0 aliphatic carbocycles. The van der Waals surface area contributed by atoms with Gasteiger partial charge in [-0.1, -0.05) is 0 Å². The van der Waals surface area contributed by atoms with Gasteiger partial charge in [0.05, 0.1) is 12.1 Å². The molecule has 11 heavy (non-hydrogen) atoms. The largest absolute Gasteiger partial charge is 0.325 e. The molecule has 1 amide bonds. The van der Waals surface area contributed by atoms with Gasteiger partial charge in [0, 0.05) is 6.54 Å². The molecule has 1 unspecified atom stereocenters. The third-order valence-corrected chi connectivity index (χ3v) is 1.84. The molecule has 0 aromatic heterocycles. The molecule has 2 atom stereocenters. The van der Waals surface area contributed by atoms with Crippen molar-refractivity contribution in [3.8, 4) is 6.07 Å². The predicted molar refractivity (Wildman–Crippen MR) is 39.4 cm³/mol. The number of rotatable bonds is 1. The fraction of sp³-hybridized carbons (Fsp3) is 0.714. The summed E-state index contributed by atoms with van der Waals surface area (Å²) in [7, 11) is 0. The summed E-state index contributed by atoms with van der Waals surface area (Å²) in [5, 5.41) is 8.50. The van der Waals surface area contributed by atoms with Crippen molar-refractivity contribution in [2.75, 3.05) is 6.54 Å². The van der Waals surface area contributed by atoms with Gasteiger partial charge in [-0.05, 0) is 13.3 Å². The Kier molecular flexibility index (Phi) is 2.11. The minimum Gasteiger partial charge on any atom is -0.325 e. The second-order valence-corrected chi connectivity index (χ2v) is 2.75. The molecule has 1 heterocycles. The van der Waals surface area contributed by atoms with E-state index < -0.39 is 6.04 Å². The number of hydrogen-bond donors (Lipinski definition) is 1. The lowest BCUT2D eigenvalue weighted by Gasteiger charge is -2.37. The van der Waals surface area contributed by atoms with Crippen LogP contribution in [0.1, 0.15) is 13.3 Å². The number of likely N-dealkylation sites (tertiary alicyclic amines) is 1. The standard InChI is InChI=1S/C7H11N3O/c1-5(9)7(11)10-3-2-6(10)4-8/h5-6H,2-3,9H2,1H3/t5?,6-/m0/s1. The summed E-state index contributed by atoms with van der Waals surface area (Å²) in [5.74, 6) is -0.122. The Labute approximate surface area is 65.6 Å². The molecule has 2 N–H and O–H groups in total. The van der Waals surface area contributed by atoms with Crippen LogP contribution in [0.25, 0.3) is 0 Å². The van der Waals surface area contributed by atoms with Crippen molar-refractivity contribution in [2.45, 2.75) is 25.4 Å². The van der Waals surface area contributed by atoms with Crippen LogP contribution in [0.3, 0.4) is 0 Å². The molecule has 1 aliphatic heterocycles. The lowest BCUT2D eigenvalue weighted by molar-refractivity contribution is -0.137. The third-order valence-electron chi connectivity index (χ3n) is 1.84. The van der Waals surface area contributed by atoms with Crippen molar-refractivity contribution in [1.29, 1.82) is 5.26 Å². The highest BCUT2D eigenvalue weighted by molar-refractivity contribution is 5.82. The molecule has 1 fully saturated rings. The molecule has 0 aromatic carbocycles. The van der Waals surface area contributed by atoms with Gasteiger partial charge >= 0.3 is 0 Å². The Morgan fingerprint density at radius 2 is 2.55 bits per heavy atom. The van der Waals surface area contributed by atoms with Gasteiger partial charge in [-0.25, -0.2) is 0 Å². The van der Waals surface area contributed by atoms with Crippen LogP contribution in [-0.4, -0.2) is 29.4 Å². The van der Waals surface area contributed by atoms with Crippen LogP contribution in [-0.2, 0) is 4.79 Å². The van der Waals surface area contributed by atoms with Crippen molar-refractivity contribution in [1.82, 2.24) is 4.90 Å². The molecule has 4 nitrogen and oxygen atoms in total. The summed E-state index contributed by atoms with van der Waals surface area (Å²) < 4.78 is 0. The molecular weight excluding hydrogens is 142 g/mol. The van der Waals surface area contributed by atoms with E-state index in [0.29, 0.717) is 6.54 Å². The Balaban J connectivity index is 2.50. The Morgan fingerprint density at radius 1 is 1.91 bits per heavy atom. The van der Waals surface area contributed by atoms with Gasteiger partial charge in [-0.3, -0.25) is 4.79 Å². The lowest BCUT2D eigenvalue weighted by atomic mass is 10.0. The summed E-state index contributed by atoms with van der Waals surface area (Å²) in [6, 6.07) is 1.33. The van der Waals surface area contributed by atoms with E-state index in [1.165, 1.54) is 4.90 Å². The number of nitrogens with zero attached hydrogens (tertiary/aromatic N) is 2. The molecule has 0 saturated carbocycles. The van der Waals surface area contributed by atoms with Crippen LogP contribution in [0.5, 0.6) is 0 Å². The molecule has 4 heteroatoms. The zero-order valence-electron chi connectivity index (χ0n) is 6.45. The van der Waals surface area contributed by atoms with E-state index in [9.17, 15) is 4.79 Å². The zero-order chi connectivity index (χ0) is 8.43. The number of amides is 1. The van der Waals surface area contributed by atoms with Crippen LogP contribution in [0.2, 0.25) is 0 Å². The average molecular weight is 153 g/mol. The molecule has 60 valence electrons. The Hall–Kier alpha value is -1.08. The third kappa shape index (κ3) is 1.33. The normalized spacial score (nSPS) is 25.2. The topological polar surface area (TPSA) is 70.1 Å². The van der Waals surface area contributed by atoms with Crippen LogP contribution < -0.4 is 5.73 Å². The van der Waals surface area contributed by atoms with Gasteiger partial charge in [0.2, 0.25) is 5.91 Å². The van der Waals surface area contributed by atoms with Crippen LogP contribution >= 0.6 is 0 Å². The number of nitrogens with two attached hydrogens (primary N) is 1. The maximum Gasteiger partial charge on any atom is 0.240 e. The SMILES string of the molecule is CC(N)C(=O)N1CC[C@H]1C#N. The Morgan fingerprint density at radius 3 is 2.82 bits per heavy atom. The van der Waals surface area contributed by atoms with Crippen LogP contribution in [0.15, 0.2) is 0 Å². The van der Waals surface area contributed by atoms with Gasteiger partial charge < -0.3 is 10.6 Å². The fourth-order valence-electron chi connectivity index (χ4n) is 1.05. The minimum absolute atomic E-state index is 0.122. The van der Waals surface area contributed by atoms with E-state index >= 15 is 0 Å². The van der Waals surface area contributed by atoms with Crippen molar-refractivity contribution < 1.29 is 4.79 Å². The summed E-state index contributed by atoms with van der Waals surface area (Å²) in [5.41, 5.74) is 5.36. The van der Waals surface area contributed by atoms with Gasteiger partial charge in [0.1, 0.15) is 6.04 Å². The van der Waals surface area contributed by atoms with Crippen molar-refractivity contribution in [2.24, 2.45) is 5.73 Å². The van der Waals surface area contributed by atoms with Gasteiger partial charge in [-0.2, -0.15) is 5.26 Å². The summed E-state index contributed by atoms with van der Waals surface area (Å²) >= 11 is 0. The number of hydrogen-bond acceptors (Lipinski definition) is 3. The van der Waals surface area contributed by atoms with E-state index in [0.717, 1.165) is 6.42 Å². The highest BCUT2D eigenvalue weighted by Gasteiger charge is 2.33. The van der Waals surface area contributed by atoms with E-state index in [2.05, 4.69) is 0 Å². The number of carbonyl (C=O) groups excluding carboxylic acids is 1. The molecule has 0 spiro atoms. The van der Waals surface area contributed by atoms with Crippen LogP contribution in [0.4, 0.5) is 0 Å². The second kappa shape index (κ2) is 2.89. The first kappa shape index (κ1) is 8.02. The lowest BCUT2D eigenvalue weighted by Crippen LogP contribution is -2.55. The maximum absolute atomic E-state index is 11.1. The minimum atomic E-state index is -0.480. The first-order valence-corrected chi connectivity index (χ1v) is 3.62. The summed E-state index contributed by atoms with van der Waals surface area (Å²) in [6.45, 7) is 2.31. The first-order valence-electron chi connectivity index (χ1n) is 3.62. The fourth-order valence-corrected chi connectivity index (χ4v) is 1.05. The van der Waals surface area contributed by atoms with Crippen molar-refractivity contribution in [3.63, 3.8) is 0 Å². The Bertz CT molecular complexity index is 206. The molecule has 1 aliphatic rings. The average Bonchev–Trinajstić information content (AvgIpc) is 1.86. The highest BCUT2D eigenvalue weighted by atomic mass is 16.2. The maximum atomic E-state index is 11.1. The van der Waals surface area contributed by atoms with Crippen molar-refractivity contribution >= 4 is 5.91 Å². The molecule has 1 saturated heterocycles. The highest BCUT2D eigenvalue weighted by Crippen LogP contribution is 2.16. The van der Waals surface area contributed by atoms with Gasteiger partial charge in [0.15, 0.2) is 0 Å². The smallest absolute Gasteiger partial charge is 0.240 e. The zero-order valence-corrected chi connectivity index (χ0v) is 6.45. The molecule has 0 bridgehead atoms. The predicted octanol–water partition coefficient (Wildman–Crippen LogP) is -0.542. The second-order valence-electron chi connectivity index (χ2n) is 2.75. The van der Waals surface area contributed by atoms with E-state index in [1.807, 2.05) is 6.07 Å². The molecular formula is C7H11N3O. The van der Waals surface area contributed by atoms with Gasteiger partial charge in [-0.15, -0.1) is 0 Å². The molecule has 0 radical (unpaired) electrons. The van der Waals surface area contributed by atoms with E-state index in [4.69, 9.17) is 11.0 Å². The molecule has 0 aromatic rings. The van der Waals surface area contributed by atoms with Crippen molar-refractivity contribution in [3.05, 3.63) is 0 Å². The molecule has 1 rings (SSSR count). The van der Waals surface area contributed by atoms with Crippen LogP contribution in [0, 0.1) is 11.3 Å². The summed E-state index contributed by atoms with van der Waals surface area (Å²) in [6.07, 6.45) is 0.787. The first-order chi connectivity index (χ1) is 5.16. The van der Waals surface area contributed by atoms with E-state index in [-0.39, 0.29) is 11.9 Å². The summed E-state index contributed by atoms with van der Waals surface area (Å²) in [4.78, 5) is 12.7. The quantitative estimate of drug-likeness (QED) is 0.550.